The standard InChI is InChI=1S/C9H15ClO2/c1-7(2)11-9-5-3-4-8(6-10)12-9/h3,5,7-9H,4,6H2,1-2H3/t8-,9-/m0/s1. The Bertz CT molecular complexity index is 157. The summed E-state index contributed by atoms with van der Waals surface area (Å²) in [5, 5.41) is 0. The average molecular weight is 191 g/mol. The predicted molar refractivity (Wildman–Crippen MR) is 49.4 cm³/mol. The third-order valence-electron chi connectivity index (χ3n) is 1.60. The Morgan fingerprint density at radius 2 is 2.42 bits per heavy atom. The van der Waals surface area contributed by atoms with E-state index in [1.165, 1.54) is 0 Å². The van der Waals surface area contributed by atoms with Gasteiger partial charge in [-0.25, -0.2) is 0 Å². The maximum Gasteiger partial charge on any atom is 0.177 e. The number of ether oxygens (including phenoxy) is 2. The quantitative estimate of drug-likeness (QED) is 0.503. The molecule has 0 radical (unpaired) electrons. The molecule has 0 unspecified atom stereocenters. The minimum atomic E-state index is -0.206. The molecule has 0 saturated heterocycles. The van der Waals surface area contributed by atoms with E-state index in [-0.39, 0.29) is 18.5 Å². The maximum absolute atomic E-state index is 5.67. The highest BCUT2D eigenvalue weighted by Gasteiger charge is 2.18. The molecule has 0 aromatic heterocycles. The van der Waals surface area contributed by atoms with Crippen LogP contribution in [0, 0.1) is 0 Å². The summed E-state index contributed by atoms with van der Waals surface area (Å²) in [7, 11) is 0. The zero-order chi connectivity index (χ0) is 8.97. The maximum atomic E-state index is 5.67. The van der Waals surface area contributed by atoms with Crippen LogP contribution >= 0.6 is 11.6 Å². The van der Waals surface area contributed by atoms with Crippen molar-refractivity contribution in [2.45, 2.75) is 38.8 Å². The fourth-order valence-electron chi connectivity index (χ4n) is 1.08. The SMILES string of the molecule is CC(C)O[C@@H]1C=CC[C@@H](CCl)O1. The van der Waals surface area contributed by atoms with E-state index in [1.807, 2.05) is 19.9 Å². The number of hydrogen-bond acceptors (Lipinski definition) is 2. The summed E-state index contributed by atoms with van der Waals surface area (Å²) in [6, 6.07) is 0. The lowest BCUT2D eigenvalue weighted by Crippen LogP contribution is -2.29. The van der Waals surface area contributed by atoms with Crippen LogP contribution in [0.25, 0.3) is 0 Å². The monoisotopic (exact) mass is 190 g/mol. The minimum absolute atomic E-state index is 0.111. The molecule has 2 atom stereocenters. The van der Waals surface area contributed by atoms with Gasteiger partial charge in [-0.1, -0.05) is 6.08 Å². The highest BCUT2D eigenvalue weighted by molar-refractivity contribution is 6.18. The van der Waals surface area contributed by atoms with E-state index >= 15 is 0 Å². The molecule has 70 valence electrons. The van der Waals surface area contributed by atoms with Crippen LogP contribution in [0.3, 0.4) is 0 Å². The highest BCUT2D eigenvalue weighted by Crippen LogP contribution is 2.15. The molecule has 0 spiro atoms. The zero-order valence-corrected chi connectivity index (χ0v) is 8.25. The molecule has 0 aromatic carbocycles. The molecule has 0 bridgehead atoms. The van der Waals surface area contributed by atoms with E-state index in [9.17, 15) is 0 Å². The first-order chi connectivity index (χ1) is 5.72. The van der Waals surface area contributed by atoms with Crippen LogP contribution in [0.4, 0.5) is 0 Å². The van der Waals surface area contributed by atoms with Crippen molar-refractivity contribution in [3.05, 3.63) is 12.2 Å². The molecule has 1 aliphatic heterocycles. The van der Waals surface area contributed by atoms with Crippen molar-refractivity contribution in [2.24, 2.45) is 0 Å². The molecule has 1 aliphatic rings. The third-order valence-corrected chi connectivity index (χ3v) is 1.94. The van der Waals surface area contributed by atoms with E-state index in [0.717, 1.165) is 6.42 Å². The topological polar surface area (TPSA) is 18.5 Å². The van der Waals surface area contributed by atoms with Gasteiger partial charge in [-0.2, -0.15) is 0 Å². The first-order valence-corrected chi connectivity index (χ1v) is 4.79. The van der Waals surface area contributed by atoms with Gasteiger partial charge in [-0.05, 0) is 26.3 Å². The fourth-order valence-corrected chi connectivity index (χ4v) is 1.28. The average Bonchev–Trinajstić information content (AvgIpc) is 2.03. The lowest BCUT2D eigenvalue weighted by Gasteiger charge is -2.25. The Morgan fingerprint density at radius 3 is 3.00 bits per heavy atom. The molecule has 0 N–H and O–H groups in total. The van der Waals surface area contributed by atoms with Crippen molar-refractivity contribution in [3.63, 3.8) is 0 Å². The normalized spacial score (nSPS) is 29.7. The van der Waals surface area contributed by atoms with Crippen LogP contribution in [0.15, 0.2) is 12.2 Å². The van der Waals surface area contributed by atoms with Crippen LogP contribution in [0.1, 0.15) is 20.3 Å². The van der Waals surface area contributed by atoms with Gasteiger partial charge >= 0.3 is 0 Å². The first-order valence-electron chi connectivity index (χ1n) is 4.26. The summed E-state index contributed by atoms with van der Waals surface area (Å²) < 4.78 is 11.0. The van der Waals surface area contributed by atoms with Crippen LogP contribution < -0.4 is 0 Å². The van der Waals surface area contributed by atoms with Gasteiger partial charge in [-0.3, -0.25) is 0 Å². The molecule has 2 nitrogen and oxygen atoms in total. The fraction of sp³-hybridized carbons (Fsp3) is 0.778. The van der Waals surface area contributed by atoms with Gasteiger partial charge in [0.25, 0.3) is 0 Å². The van der Waals surface area contributed by atoms with E-state index in [2.05, 4.69) is 6.08 Å². The number of hydrogen-bond donors (Lipinski definition) is 0. The summed E-state index contributed by atoms with van der Waals surface area (Å²) in [5.41, 5.74) is 0. The van der Waals surface area contributed by atoms with E-state index in [0.29, 0.717) is 5.88 Å². The summed E-state index contributed by atoms with van der Waals surface area (Å²) in [4.78, 5) is 0. The van der Waals surface area contributed by atoms with Crippen LogP contribution in [0.5, 0.6) is 0 Å². The number of halogens is 1. The molecule has 3 heteroatoms. The smallest absolute Gasteiger partial charge is 0.177 e. The van der Waals surface area contributed by atoms with Crippen molar-refractivity contribution >= 4 is 11.6 Å². The molecule has 0 fully saturated rings. The summed E-state index contributed by atoms with van der Waals surface area (Å²) in [5.74, 6) is 0.530. The number of rotatable bonds is 3. The third kappa shape index (κ3) is 3.13. The van der Waals surface area contributed by atoms with Gasteiger partial charge in [0.2, 0.25) is 0 Å². The van der Waals surface area contributed by atoms with Crippen molar-refractivity contribution in [1.29, 1.82) is 0 Å². The minimum Gasteiger partial charge on any atom is -0.346 e. The van der Waals surface area contributed by atoms with E-state index in [4.69, 9.17) is 21.1 Å². The van der Waals surface area contributed by atoms with Crippen molar-refractivity contribution in [2.75, 3.05) is 5.88 Å². The van der Waals surface area contributed by atoms with Gasteiger partial charge in [-0.15, -0.1) is 11.6 Å². The zero-order valence-electron chi connectivity index (χ0n) is 7.50. The van der Waals surface area contributed by atoms with Gasteiger partial charge in [0.1, 0.15) is 0 Å². The number of alkyl halides is 1. The van der Waals surface area contributed by atoms with E-state index in [1.54, 1.807) is 0 Å². The van der Waals surface area contributed by atoms with Crippen molar-refractivity contribution in [1.82, 2.24) is 0 Å². The Labute approximate surface area is 78.5 Å². The molecular weight excluding hydrogens is 176 g/mol. The first kappa shape index (κ1) is 10.0. The Morgan fingerprint density at radius 1 is 1.67 bits per heavy atom. The Balaban J connectivity index is 2.35. The largest absolute Gasteiger partial charge is 0.346 e. The van der Waals surface area contributed by atoms with Gasteiger partial charge < -0.3 is 9.47 Å². The second-order valence-corrected chi connectivity index (χ2v) is 3.44. The molecule has 0 saturated carbocycles. The Kier molecular flexibility index (Phi) is 4.06. The summed E-state index contributed by atoms with van der Waals surface area (Å²) >= 11 is 5.67. The molecule has 0 amide bonds. The van der Waals surface area contributed by atoms with Crippen LogP contribution in [-0.2, 0) is 9.47 Å². The van der Waals surface area contributed by atoms with Crippen LogP contribution in [-0.4, -0.2) is 24.4 Å². The van der Waals surface area contributed by atoms with Gasteiger partial charge in [0, 0.05) is 5.88 Å². The Hall–Kier alpha value is -0.0500. The highest BCUT2D eigenvalue weighted by atomic mass is 35.5. The molecule has 1 rings (SSSR count). The van der Waals surface area contributed by atoms with Crippen LogP contribution in [0.2, 0.25) is 0 Å². The second kappa shape index (κ2) is 4.85. The second-order valence-electron chi connectivity index (χ2n) is 3.13. The summed E-state index contributed by atoms with van der Waals surface area (Å²) in [6.07, 6.45) is 4.98. The predicted octanol–water partition coefficient (Wildman–Crippen LogP) is 2.32. The van der Waals surface area contributed by atoms with E-state index < -0.39 is 0 Å². The van der Waals surface area contributed by atoms with Crippen molar-refractivity contribution in [3.8, 4) is 0 Å². The molecule has 0 aliphatic carbocycles. The van der Waals surface area contributed by atoms with Crippen molar-refractivity contribution < 1.29 is 9.47 Å². The molecule has 0 aromatic rings. The molecule has 1 heterocycles. The lowest BCUT2D eigenvalue weighted by atomic mass is 10.2. The van der Waals surface area contributed by atoms with Gasteiger partial charge in [0.05, 0.1) is 12.2 Å². The molecular formula is C9H15ClO2. The molecule has 12 heavy (non-hydrogen) atoms. The van der Waals surface area contributed by atoms with Gasteiger partial charge in [0.15, 0.2) is 6.29 Å². The summed E-state index contributed by atoms with van der Waals surface area (Å²) in [6.45, 7) is 3.98. The lowest BCUT2D eigenvalue weighted by molar-refractivity contribution is -0.160.